The first kappa shape index (κ1) is 15.6. The Morgan fingerprint density at radius 1 is 1.19 bits per heavy atom. The summed E-state index contributed by atoms with van der Waals surface area (Å²) in [6.07, 6.45) is 0. The van der Waals surface area contributed by atoms with E-state index in [0.29, 0.717) is 16.7 Å². The molecule has 0 radical (unpaired) electrons. The molecule has 0 fully saturated rings. The summed E-state index contributed by atoms with van der Waals surface area (Å²) in [4.78, 5) is 9.01. The van der Waals surface area contributed by atoms with E-state index in [1.807, 2.05) is 52.9 Å². The standard InChI is InChI=1S/C16H20ClN3O/c1-9(2)14-19-15(18-5)11(4)16(20-14)21-13-8-10(3)6-7-12(13)17/h6-9H,1-5H3,(H,18,19,20). The number of nitrogens with one attached hydrogen (secondary N) is 1. The van der Waals surface area contributed by atoms with Gasteiger partial charge in [-0.25, -0.2) is 4.98 Å². The second kappa shape index (κ2) is 6.31. The number of rotatable bonds is 4. The van der Waals surface area contributed by atoms with Crippen molar-refractivity contribution in [2.45, 2.75) is 33.6 Å². The Morgan fingerprint density at radius 3 is 2.52 bits per heavy atom. The van der Waals surface area contributed by atoms with E-state index in [1.54, 1.807) is 0 Å². The van der Waals surface area contributed by atoms with Crippen molar-refractivity contribution in [2.24, 2.45) is 0 Å². The quantitative estimate of drug-likeness (QED) is 0.889. The molecule has 0 saturated carbocycles. The highest BCUT2D eigenvalue weighted by atomic mass is 35.5. The predicted molar refractivity (Wildman–Crippen MR) is 86.7 cm³/mol. The average Bonchev–Trinajstić information content (AvgIpc) is 2.44. The Bertz CT molecular complexity index is 656. The van der Waals surface area contributed by atoms with E-state index in [9.17, 15) is 0 Å². The molecule has 112 valence electrons. The maximum Gasteiger partial charge on any atom is 0.227 e. The van der Waals surface area contributed by atoms with Gasteiger partial charge in [0, 0.05) is 13.0 Å². The molecule has 5 heteroatoms. The molecule has 21 heavy (non-hydrogen) atoms. The molecule has 0 bridgehead atoms. The van der Waals surface area contributed by atoms with Crippen molar-refractivity contribution >= 4 is 17.4 Å². The van der Waals surface area contributed by atoms with Gasteiger partial charge < -0.3 is 10.1 Å². The third kappa shape index (κ3) is 3.45. The van der Waals surface area contributed by atoms with Gasteiger partial charge in [0.25, 0.3) is 0 Å². The first-order valence-corrected chi connectivity index (χ1v) is 7.30. The van der Waals surface area contributed by atoms with Gasteiger partial charge in [-0.3, -0.25) is 0 Å². The van der Waals surface area contributed by atoms with Crippen LogP contribution in [0.15, 0.2) is 18.2 Å². The molecule has 1 N–H and O–H groups in total. The monoisotopic (exact) mass is 305 g/mol. The lowest BCUT2D eigenvalue weighted by molar-refractivity contribution is 0.453. The lowest BCUT2D eigenvalue weighted by Gasteiger charge is -2.15. The van der Waals surface area contributed by atoms with Gasteiger partial charge >= 0.3 is 0 Å². The van der Waals surface area contributed by atoms with Crippen LogP contribution in [0.4, 0.5) is 5.82 Å². The summed E-state index contributed by atoms with van der Waals surface area (Å²) < 4.78 is 5.93. The molecule has 2 rings (SSSR count). The number of ether oxygens (including phenoxy) is 1. The summed E-state index contributed by atoms with van der Waals surface area (Å²) in [5.41, 5.74) is 1.94. The van der Waals surface area contributed by atoms with Crippen molar-refractivity contribution in [3.63, 3.8) is 0 Å². The minimum atomic E-state index is 0.216. The molecular formula is C16H20ClN3O. The average molecular weight is 306 g/mol. The number of anilines is 1. The summed E-state index contributed by atoms with van der Waals surface area (Å²) >= 11 is 6.19. The van der Waals surface area contributed by atoms with Gasteiger partial charge in [-0.1, -0.05) is 31.5 Å². The van der Waals surface area contributed by atoms with E-state index >= 15 is 0 Å². The van der Waals surface area contributed by atoms with Gasteiger partial charge in [0.1, 0.15) is 17.4 Å². The van der Waals surface area contributed by atoms with Crippen LogP contribution >= 0.6 is 11.6 Å². The molecule has 4 nitrogen and oxygen atoms in total. The third-order valence-corrected chi connectivity index (χ3v) is 3.48. The first-order chi connectivity index (χ1) is 9.92. The van der Waals surface area contributed by atoms with E-state index in [0.717, 1.165) is 22.8 Å². The zero-order valence-corrected chi connectivity index (χ0v) is 13.7. The summed E-state index contributed by atoms with van der Waals surface area (Å²) in [6, 6.07) is 5.67. The molecule has 1 aromatic heterocycles. The zero-order valence-electron chi connectivity index (χ0n) is 13.0. The molecule has 0 atom stereocenters. The first-order valence-electron chi connectivity index (χ1n) is 6.92. The largest absolute Gasteiger partial charge is 0.437 e. The lowest BCUT2D eigenvalue weighted by Crippen LogP contribution is -2.06. The summed E-state index contributed by atoms with van der Waals surface area (Å²) in [7, 11) is 1.84. The van der Waals surface area contributed by atoms with Crippen molar-refractivity contribution in [3.8, 4) is 11.6 Å². The highest BCUT2D eigenvalue weighted by Crippen LogP contribution is 2.33. The molecule has 1 aromatic carbocycles. The highest BCUT2D eigenvalue weighted by Gasteiger charge is 2.15. The van der Waals surface area contributed by atoms with Gasteiger partial charge in [-0.15, -0.1) is 0 Å². The third-order valence-electron chi connectivity index (χ3n) is 3.16. The number of nitrogens with zero attached hydrogens (tertiary/aromatic N) is 2. The molecular weight excluding hydrogens is 286 g/mol. The molecule has 1 heterocycles. The van der Waals surface area contributed by atoms with Crippen LogP contribution in [0.2, 0.25) is 5.02 Å². The van der Waals surface area contributed by atoms with E-state index in [4.69, 9.17) is 16.3 Å². The van der Waals surface area contributed by atoms with Crippen molar-refractivity contribution in [1.82, 2.24) is 9.97 Å². The van der Waals surface area contributed by atoms with E-state index in [-0.39, 0.29) is 5.92 Å². The second-order valence-electron chi connectivity index (χ2n) is 5.30. The van der Waals surface area contributed by atoms with Crippen molar-refractivity contribution < 1.29 is 4.74 Å². The van der Waals surface area contributed by atoms with E-state index in [1.165, 1.54) is 0 Å². The zero-order chi connectivity index (χ0) is 15.6. The number of halogens is 1. The van der Waals surface area contributed by atoms with E-state index in [2.05, 4.69) is 15.3 Å². The Balaban J connectivity index is 2.47. The molecule has 0 amide bonds. The number of hydrogen-bond acceptors (Lipinski definition) is 4. The smallest absolute Gasteiger partial charge is 0.227 e. The van der Waals surface area contributed by atoms with Crippen molar-refractivity contribution in [2.75, 3.05) is 12.4 Å². The van der Waals surface area contributed by atoms with Gasteiger partial charge in [-0.05, 0) is 31.5 Å². The Morgan fingerprint density at radius 2 is 1.90 bits per heavy atom. The van der Waals surface area contributed by atoms with Crippen LogP contribution in [-0.2, 0) is 0 Å². The molecule has 0 saturated heterocycles. The number of benzene rings is 1. The second-order valence-corrected chi connectivity index (χ2v) is 5.71. The summed E-state index contributed by atoms with van der Waals surface area (Å²) in [5, 5.41) is 3.64. The highest BCUT2D eigenvalue weighted by molar-refractivity contribution is 6.32. The Kier molecular flexibility index (Phi) is 4.68. The predicted octanol–water partition coefficient (Wildman–Crippen LogP) is 4.70. The molecule has 0 aliphatic carbocycles. The molecule has 2 aromatic rings. The number of aromatic nitrogens is 2. The Hall–Kier alpha value is -1.81. The molecule has 0 unspecified atom stereocenters. The van der Waals surface area contributed by atoms with Crippen LogP contribution < -0.4 is 10.1 Å². The van der Waals surface area contributed by atoms with E-state index < -0.39 is 0 Å². The number of aryl methyl sites for hydroxylation is 1. The van der Waals surface area contributed by atoms with Crippen molar-refractivity contribution in [1.29, 1.82) is 0 Å². The minimum absolute atomic E-state index is 0.216. The Labute approximate surface area is 130 Å². The van der Waals surface area contributed by atoms with Crippen LogP contribution in [0.5, 0.6) is 11.6 Å². The summed E-state index contributed by atoms with van der Waals surface area (Å²) in [6.45, 7) is 8.02. The summed E-state index contributed by atoms with van der Waals surface area (Å²) in [5.74, 6) is 2.87. The van der Waals surface area contributed by atoms with Gasteiger partial charge in [0.05, 0.1) is 10.6 Å². The van der Waals surface area contributed by atoms with Gasteiger partial charge in [-0.2, -0.15) is 4.98 Å². The molecule has 0 spiro atoms. The van der Waals surface area contributed by atoms with Gasteiger partial charge in [0.15, 0.2) is 0 Å². The number of hydrogen-bond donors (Lipinski definition) is 1. The fraction of sp³-hybridized carbons (Fsp3) is 0.375. The van der Waals surface area contributed by atoms with Gasteiger partial charge in [0.2, 0.25) is 5.88 Å². The maximum atomic E-state index is 6.19. The fourth-order valence-corrected chi connectivity index (χ4v) is 2.06. The molecule has 0 aliphatic heterocycles. The SMILES string of the molecule is CNc1nc(C(C)C)nc(Oc2cc(C)ccc2Cl)c1C. The van der Waals surface area contributed by atoms with Crippen LogP contribution in [0.3, 0.4) is 0 Å². The van der Waals surface area contributed by atoms with Crippen LogP contribution in [0.25, 0.3) is 0 Å². The van der Waals surface area contributed by atoms with Crippen LogP contribution in [-0.4, -0.2) is 17.0 Å². The maximum absolute atomic E-state index is 6.19. The van der Waals surface area contributed by atoms with Crippen LogP contribution in [0, 0.1) is 13.8 Å². The lowest BCUT2D eigenvalue weighted by atomic mass is 10.2. The van der Waals surface area contributed by atoms with Crippen molar-refractivity contribution in [3.05, 3.63) is 40.2 Å². The normalized spacial score (nSPS) is 10.8. The minimum Gasteiger partial charge on any atom is -0.437 e. The molecule has 0 aliphatic rings. The fourth-order valence-electron chi connectivity index (χ4n) is 1.91. The van der Waals surface area contributed by atoms with Crippen LogP contribution in [0.1, 0.15) is 36.7 Å². The topological polar surface area (TPSA) is 47.0 Å².